The lowest BCUT2D eigenvalue weighted by atomic mass is 10.1. The van der Waals surface area contributed by atoms with Crippen LogP contribution in [0.25, 0.3) is 0 Å². The van der Waals surface area contributed by atoms with E-state index in [1.54, 1.807) is 6.07 Å². The molecule has 28 heavy (non-hydrogen) atoms. The lowest BCUT2D eigenvalue weighted by Crippen LogP contribution is -2.45. The summed E-state index contributed by atoms with van der Waals surface area (Å²) in [5, 5.41) is 0. The molecular weight excluding hydrogens is 377 g/mol. The van der Waals surface area contributed by atoms with E-state index in [4.69, 9.17) is 0 Å². The molecule has 1 aliphatic heterocycles. The first-order valence-electron chi connectivity index (χ1n) is 9.68. The Morgan fingerprint density at radius 2 is 1.64 bits per heavy atom. The van der Waals surface area contributed by atoms with Crippen LogP contribution in [0.4, 0.5) is 4.39 Å². The highest BCUT2D eigenvalue weighted by Crippen LogP contribution is 2.15. The van der Waals surface area contributed by atoms with Crippen molar-refractivity contribution in [1.82, 2.24) is 14.5 Å². The van der Waals surface area contributed by atoms with Crippen molar-refractivity contribution in [3.63, 3.8) is 0 Å². The lowest BCUT2D eigenvalue weighted by molar-refractivity contribution is 0.131. The van der Waals surface area contributed by atoms with Gasteiger partial charge in [0.1, 0.15) is 5.82 Å². The highest BCUT2D eigenvalue weighted by atomic mass is 32.2. The van der Waals surface area contributed by atoms with E-state index in [1.807, 2.05) is 18.2 Å². The van der Waals surface area contributed by atoms with Crippen LogP contribution < -0.4 is 4.72 Å². The summed E-state index contributed by atoms with van der Waals surface area (Å²) < 4.78 is 40.8. The van der Waals surface area contributed by atoms with Gasteiger partial charge in [-0.15, -0.1) is 0 Å². The molecule has 5 nitrogen and oxygen atoms in total. The second-order valence-electron chi connectivity index (χ2n) is 7.19. The second kappa shape index (κ2) is 9.60. The number of nitrogens with zero attached hydrogens (tertiary/aromatic N) is 2. The molecule has 0 saturated carbocycles. The molecule has 1 fully saturated rings. The predicted molar refractivity (Wildman–Crippen MR) is 110 cm³/mol. The summed E-state index contributed by atoms with van der Waals surface area (Å²) in [6.07, 6.45) is 0. The first kappa shape index (κ1) is 20.9. The maximum atomic E-state index is 13.3. The Morgan fingerprint density at radius 3 is 2.32 bits per heavy atom. The van der Waals surface area contributed by atoms with E-state index in [-0.39, 0.29) is 12.3 Å². The number of piperazine rings is 1. The third kappa shape index (κ3) is 6.10. The van der Waals surface area contributed by atoms with Gasteiger partial charge in [0.05, 0.1) is 5.75 Å². The smallest absolute Gasteiger partial charge is 0.216 e. The van der Waals surface area contributed by atoms with Gasteiger partial charge in [-0.3, -0.25) is 4.90 Å². The maximum absolute atomic E-state index is 13.3. The Labute approximate surface area is 167 Å². The Kier molecular flexibility index (Phi) is 7.18. The number of nitrogens with one attached hydrogen (secondary N) is 1. The van der Waals surface area contributed by atoms with Crippen molar-refractivity contribution in [2.75, 3.05) is 32.7 Å². The Hall–Kier alpha value is -1.80. The number of likely N-dealkylation sites (N-methyl/N-ethyl adjacent to an activating group) is 1. The van der Waals surface area contributed by atoms with Gasteiger partial charge in [-0.25, -0.2) is 17.5 Å². The molecule has 1 N–H and O–H groups in total. The summed E-state index contributed by atoms with van der Waals surface area (Å²) in [6.45, 7) is 8.50. The SMILES string of the molecule is CCN1CCN(Cc2ccccc2CNS(=O)(=O)Cc2cccc(F)c2)CC1. The lowest BCUT2D eigenvalue weighted by Gasteiger charge is -2.34. The molecule has 3 rings (SSSR count). The van der Waals surface area contributed by atoms with E-state index in [9.17, 15) is 12.8 Å². The van der Waals surface area contributed by atoms with Crippen LogP contribution in [0.2, 0.25) is 0 Å². The summed E-state index contributed by atoms with van der Waals surface area (Å²) in [4.78, 5) is 4.84. The summed E-state index contributed by atoms with van der Waals surface area (Å²) in [5.41, 5.74) is 2.55. The zero-order valence-electron chi connectivity index (χ0n) is 16.3. The number of hydrogen-bond acceptors (Lipinski definition) is 4. The van der Waals surface area contributed by atoms with Gasteiger partial charge in [0.25, 0.3) is 0 Å². The number of sulfonamides is 1. The van der Waals surface area contributed by atoms with Crippen molar-refractivity contribution >= 4 is 10.0 Å². The van der Waals surface area contributed by atoms with Crippen molar-refractivity contribution in [2.24, 2.45) is 0 Å². The molecule has 2 aromatic carbocycles. The zero-order valence-corrected chi connectivity index (χ0v) is 17.1. The normalized spacial score (nSPS) is 16.4. The molecule has 0 bridgehead atoms. The third-order valence-electron chi connectivity index (χ3n) is 5.15. The monoisotopic (exact) mass is 405 g/mol. The van der Waals surface area contributed by atoms with Crippen molar-refractivity contribution in [1.29, 1.82) is 0 Å². The van der Waals surface area contributed by atoms with Crippen LogP contribution in [0.1, 0.15) is 23.6 Å². The average Bonchev–Trinajstić information content (AvgIpc) is 2.68. The number of hydrogen-bond donors (Lipinski definition) is 1. The first-order valence-corrected chi connectivity index (χ1v) is 11.3. The standard InChI is InChI=1S/C21H28FN3O2S/c1-2-24-10-12-25(13-11-24)16-20-8-4-3-7-19(20)15-23-28(26,27)17-18-6-5-9-21(22)14-18/h3-9,14,23H,2,10-13,15-17H2,1H3. The number of benzene rings is 2. The van der Waals surface area contributed by atoms with Crippen LogP contribution >= 0.6 is 0 Å². The Bertz CT molecular complexity index is 881. The topological polar surface area (TPSA) is 52.6 Å². The van der Waals surface area contributed by atoms with Crippen LogP contribution in [-0.2, 0) is 28.9 Å². The van der Waals surface area contributed by atoms with Crippen LogP contribution in [0.15, 0.2) is 48.5 Å². The molecule has 0 aromatic heterocycles. The molecule has 0 atom stereocenters. The highest BCUT2D eigenvalue weighted by Gasteiger charge is 2.17. The van der Waals surface area contributed by atoms with Gasteiger partial charge < -0.3 is 4.90 Å². The molecule has 1 aliphatic rings. The van der Waals surface area contributed by atoms with Gasteiger partial charge >= 0.3 is 0 Å². The minimum atomic E-state index is -3.55. The van der Waals surface area contributed by atoms with E-state index in [1.165, 1.54) is 18.2 Å². The van der Waals surface area contributed by atoms with Crippen LogP contribution in [0.3, 0.4) is 0 Å². The van der Waals surface area contributed by atoms with Gasteiger partial charge in [0.2, 0.25) is 10.0 Å². The van der Waals surface area contributed by atoms with Gasteiger partial charge in [0, 0.05) is 39.3 Å². The fraction of sp³-hybridized carbons (Fsp3) is 0.429. The average molecular weight is 406 g/mol. The molecule has 7 heteroatoms. The fourth-order valence-corrected chi connectivity index (χ4v) is 4.57. The Balaban J connectivity index is 1.60. The summed E-state index contributed by atoms with van der Waals surface area (Å²) in [7, 11) is -3.55. The molecule has 0 radical (unpaired) electrons. The van der Waals surface area contributed by atoms with Gasteiger partial charge in [-0.05, 0) is 35.4 Å². The van der Waals surface area contributed by atoms with E-state index < -0.39 is 15.8 Å². The van der Waals surface area contributed by atoms with Gasteiger partial charge in [-0.2, -0.15) is 0 Å². The summed E-state index contributed by atoms with van der Waals surface area (Å²) in [6, 6.07) is 13.6. The first-order chi connectivity index (χ1) is 13.4. The summed E-state index contributed by atoms with van der Waals surface area (Å²) >= 11 is 0. The minimum Gasteiger partial charge on any atom is -0.301 e. The maximum Gasteiger partial charge on any atom is 0.216 e. The molecular formula is C21H28FN3O2S. The van der Waals surface area contributed by atoms with Gasteiger partial charge in [0.15, 0.2) is 0 Å². The molecule has 0 aliphatic carbocycles. The quantitative estimate of drug-likeness (QED) is 0.734. The largest absolute Gasteiger partial charge is 0.301 e. The molecule has 0 spiro atoms. The van der Waals surface area contributed by atoms with Crippen LogP contribution in [0.5, 0.6) is 0 Å². The predicted octanol–water partition coefficient (Wildman–Crippen LogP) is 2.58. The van der Waals surface area contributed by atoms with Gasteiger partial charge in [-0.1, -0.05) is 43.3 Å². The molecule has 0 amide bonds. The van der Waals surface area contributed by atoms with Crippen LogP contribution in [-0.4, -0.2) is 50.9 Å². The van der Waals surface area contributed by atoms with Crippen molar-refractivity contribution < 1.29 is 12.8 Å². The molecule has 1 heterocycles. The molecule has 0 unspecified atom stereocenters. The minimum absolute atomic E-state index is 0.230. The number of rotatable bonds is 8. The third-order valence-corrected chi connectivity index (χ3v) is 6.45. The fourth-order valence-electron chi connectivity index (χ4n) is 3.47. The summed E-state index contributed by atoms with van der Waals surface area (Å²) in [5.74, 6) is -0.660. The van der Waals surface area contributed by atoms with Crippen molar-refractivity contribution in [3.8, 4) is 0 Å². The number of halogens is 1. The molecule has 152 valence electrons. The van der Waals surface area contributed by atoms with Crippen LogP contribution in [0, 0.1) is 5.82 Å². The van der Waals surface area contributed by atoms with E-state index >= 15 is 0 Å². The van der Waals surface area contributed by atoms with Crippen molar-refractivity contribution in [3.05, 3.63) is 71.0 Å². The molecule has 2 aromatic rings. The zero-order chi connectivity index (χ0) is 20.0. The Morgan fingerprint density at radius 1 is 0.964 bits per heavy atom. The van der Waals surface area contributed by atoms with Crippen molar-refractivity contribution in [2.45, 2.75) is 25.8 Å². The second-order valence-corrected chi connectivity index (χ2v) is 9.00. The molecule has 1 saturated heterocycles. The van der Waals surface area contributed by atoms with E-state index in [2.05, 4.69) is 27.5 Å². The highest BCUT2D eigenvalue weighted by molar-refractivity contribution is 7.88. The van der Waals surface area contributed by atoms with E-state index in [0.29, 0.717) is 5.56 Å². The van der Waals surface area contributed by atoms with E-state index in [0.717, 1.165) is 50.4 Å².